The van der Waals surface area contributed by atoms with Gasteiger partial charge in [0.05, 0.1) is 7.11 Å². The van der Waals surface area contributed by atoms with Gasteiger partial charge in [-0.05, 0) is 30.7 Å². The lowest BCUT2D eigenvalue weighted by Gasteiger charge is -2.26. The van der Waals surface area contributed by atoms with E-state index in [1.165, 1.54) is 5.56 Å². The van der Waals surface area contributed by atoms with E-state index in [-0.39, 0.29) is 6.04 Å². The highest BCUT2D eigenvalue weighted by atomic mass is 79.9. The number of nitrogens with zero attached hydrogens (tertiary/aromatic N) is 1. The van der Waals surface area contributed by atoms with Gasteiger partial charge in [0.25, 0.3) is 0 Å². The number of hydrogen-bond donors (Lipinski definition) is 1. The second-order valence-electron chi connectivity index (χ2n) is 5.13. The number of methoxy groups -OCH3 is 1. The normalized spacial score (nSPS) is 12.0. The molecule has 2 aromatic rings. The molecular weight excluding hydrogens is 328 g/mol. The van der Waals surface area contributed by atoms with Gasteiger partial charge in [-0.3, -0.25) is 0 Å². The molecule has 0 aromatic heterocycles. The third-order valence-corrected chi connectivity index (χ3v) is 4.27. The molecule has 2 aromatic carbocycles. The van der Waals surface area contributed by atoms with Gasteiger partial charge in [0.15, 0.2) is 0 Å². The summed E-state index contributed by atoms with van der Waals surface area (Å²) in [5.74, 6) is 0.835. The fourth-order valence-corrected chi connectivity index (χ4v) is 2.88. The molecule has 0 spiro atoms. The zero-order valence-corrected chi connectivity index (χ0v) is 14.2. The van der Waals surface area contributed by atoms with Crippen molar-refractivity contribution >= 4 is 21.6 Å². The van der Waals surface area contributed by atoms with Crippen molar-refractivity contribution in [1.82, 2.24) is 0 Å². The number of anilines is 1. The molecule has 0 saturated heterocycles. The summed E-state index contributed by atoms with van der Waals surface area (Å²) in [5, 5.41) is 0. The van der Waals surface area contributed by atoms with E-state index in [9.17, 15) is 0 Å². The van der Waals surface area contributed by atoms with Crippen molar-refractivity contribution in [1.29, 1.82) is 0 Å². The quantitative estimate of drug-likeness (QED) is 0.883. The summed E-state index contributed by atoms with van der Waals surface area (Å²) in [5.41, 5.74) is 9.50. The first kappa shape index (κ1) is 15.9. The molecule has 0 saturated carbocycles. The van der Waals surface area contributed by atoms with Gasteiger partial charge < -0.3 is 15.4 Å². The largest absolute Gasteiger partial charge is 0.496 e. The highest BCUT2D eigenvalue weighted by Crippen LogP contribution is 2.34. The molecule has 21 heavy (non-hydrogen) atoms. The van der Waals surface area contributed by atoms with E-state index in [4.69, 9.17) is 10.5 Å². The number of halogens is 1. The lowest BCUT2D eigenvalue weighted by Crippen LogP contribution is -2.21. The van der Waals surface area contributed by atoms with Crippen LogP contribution in [0.4, 0.5) is 5.69 Å². The van der Waals surface area contributed by atoms with Crippen LogP contribution in [0.3, 0.4) is 0 Å². The van der Waals surface area contributed by atoms with Crippen LogP contribution in [0.15, 0.2) is 46.9 Å². The summed E-state index contributed by atoms with van der Waals surface area (Å²) >= 11 is 3.60. The Balaban J connectivity index is 2.35. The summed E-state index contributed by atoms with van der Waals surface area (Å²) in [6.45, 7) is 2.78. The van der Waals surface area contributed by atoms with Crippen LogP contribution < -0.4 is 15.4 Å². The Hall–Kier alpha value is -1.52. The molecule has 0 radical (unpaired) electrons. The van der Waals surface area contributed by atoms with Crippen LogP contribution in [-0.4, -0.2) is 14.2 Å². The first-order valence-electron chi connectivity index (χ1n) is 6.91. The van der Waals surface area contributed by atoms with E-state index >= 15 is 0 Å². The predicted octanol–water partition coefficient (Wildman–Crippen LogP) is 4.11. The summed E-state index contributed by atoms with van der Waals surface area (Å²) in [6, 6.07) is 14.2. The second kappa shape index (κ2) is 6.96. The van der Waals surface area contributed by atoms with Gasteiger partial charge >= 0.3 is 0 Å². The maximum atomic E-state index is 6.14. The first-order valence-corrected chi connectivity index (χ1v) is 7.71. The first-order chi connectivity index (χ1) is 10.0. The number of hydrogen-bond acceptors (Lipinski definition) is 3. The van der Waals surface area contributed by atoms with E-state index in [0.29, 0.717) is 0 Å². The summed E-state index contributed by atoms with van der Waals surface area (Å²) in [4.78, 5) is 2.20. The monoisotopic (exact) mass is 348 g/mol. The minimum atomic E-state index is -0.0854. The summed E-state index contributed by atoms with van der Waals surface area (Å²) in [7, 11) is 3.75. The molecule has 0 amide bonds. The third-order valence-electron chi connectivity index (χ3n) is 3.49. The van der Waals surface area contributed by atoms with Gasteiger partial charge in [0.2, 0.25) is 0 Å². The van der Waals surface area contributed by atoms with E-state index < -0.39 is 0 Å². The molecule has 1 unspecified atom stereocenters. The smallest absolute Gasteiger partial charge is 0.125 e. The molecule has 112 valence electrons. The Morgan fingerprint density at radius 3 is 2.52 bits per heavy atom. The van der Waals surface area contributed by atoms with Crippen LogP contribution in [0.2, 0.25) is 0 Å². The number of rotatable bonds is 5. The van der Waals surface area contributed by atoms with E-state index in [1.807, 2.05) is 31.2 Å². The Morgan fingerprint density at radius 1 is 1.19 bits per heavy atom. The molecule has 2 rings (SSSR count). The van der Waals surface area contributed by atoms with Gasteiger partial charge in [0.1, 0.15) is 5.75 Å². The molecule has 0 bridgehead atoms. The molecule has 0 fully saturated rings. The van der Waals surface area contributed by atoms with Crippen molar-refractivity contribution in [2.45, 2.75) is 19.5 Å². The average Bonchev–Trinajstić information content (AvgIpc) is 2.48. The molecule has 0 aliphatic carbocycles. The molecule has 2 N–H and O–H groups in total. The Labute approximate surface area is 134 Å². The third kappa shape index (κ3) is 3.57. The number of benzene rings is 2. The molecule has 4 heteroatoms. The Kier molecular flexibility index (Phi) is 5.26. The minimum Gasteiger partial charge on any atom is -0.496 e. The lowest BCUT2D eigenvalue weighted by atomic mass is 10.0. The van der Waals surface area contributed by atoms with Crippen LogP contribution >= 0.6 is 15.9 Å². The highest BCUT2D eigenvalue weighted by Gasteiger charge is 2.16. The SMILES string of the molecule is COc1cccc(N(C)Cc2ccccc2Br)c1C(C)N. The fraction of sp³-hybridized carbons (Fsp3) is 0.294. The average molecular weight is 349 g/mol. The van der Waals surface area contributed by atoms with Crippen LogP contribution in [0, 0.1) is 0 Å². The van der Waals surface area contributed by atoms with Gasteiger partial charge in [-0.2, -0.15) is 0 Å². The van der Waals surface area contributed by atoms with Gasteiger partial charge in [-0.25, -0.2) is 0 Å². The van der Waals surface area contributed by atoms with Gasteiger partial charge in [-0.15, -0.1) is 0 Å². The Bertz CT molecular complexity index is 613. The second-order valence-corrected chi connectivity index (χ2v) is 5.98. The summed E-state index contributed by atoms with van der Waals surface area (Å²) < 4.78 is 6.57. The zero-order valence-electron chi connectivity index (χ0n) is 12.6. The van der Waals surface area contributed by atoms with E-state index in [0.717, 1.165) is 28.0 Å². The van der Waals surface area contributed by atoms with Crippen LogP contribution in [-0.2, 0) is 6.54 Å². The maximum Gasteiger partial charge on any atom is 0.125 e. The minimum absolute atomic E-state index is 0.0854. The van der Waals surface area contributed by atoms with Crippen molar-refractivity contribution in [3.8, 4) is 5.75 Å². The topological polar surface area (TPSA) is 38.5 Å². The highest BCUT2D eigenvalue weighted by molar-refractivity contribution is 9.10. The van der Waals surface area contributed by atoms with Crippen molar-refractivity contribution in [2.75, 3.05) is 19.1 Å². The van der Waals surface area contributed by atoms with Crippen LogP contribution in [0.1, 0.15) is 24.1 Å². The molecule has 0 aliphatic rings. The molecular formula is C17H21BrN2O. The predicted molar refractivity (Wildman–Crippen MR) is 91.8 cm³/mol. The Morgan fingerprint density at radius 2 is 1.90 bits per heavy atom. The zero-order chi connectivity index (χ0) is 15.4. The van der Waals surface area contributed by atoms with Crippen LogP contribution in [0.25, 0.3) is 0 Å². The standard InChI is InChI=1S/C17H21BrN2O/c1-12(19)17-15(9-6-10-16(17)21-3)20(2)11-13-7-4-5-8-14(13)18/h4-10,12H,11,19H2,1-3H3. The fourth-order valence-electron chi connectivity index (χ4n) is 2.47. The molecule has 3 nitrogen and oxygen atoms in total. The van der Waals surface area contributed by atoms with Gasteiger partial charge in [0, 0.05) is 35.4 Å². The lowest BCUT2D eigenvalue weighted by molar-refractivity contribution is 0.407. The summed E-state index contributed by atoms with van der Waals surface area (Å²) in [6.07, 6.45) is 0. The van der Waals surface area contributed by atoms with E-state index in [1.54, 1.807) is 7.11 Å². The van der Waals surface area contributed by atoms with Crippen molar-refractivity contribution in [3.05, 3.63) is 58.1 Å². The molecule has 0 aliphatic heterocycles. The number of ether oxygens (including phenoxy) is 1. The van der Waals surface area contributed by atoms with E-state index in [2.05, 4.69) is 46.1 Å². The maximum absolute atomic E-state index is 6.14. The van der Waals surface area contributed by atoms with Crippen molar-refractivity contribution in [3.63, 3.8) is 0 Å². The molecule has 0 heterocycles. The molecule has 1 atom stereocenters. The number of nitrogens with two attached hydrogens (primary N) is 1. The van der Waals surface area contributed by atoms with Crippen LogP contribution in [0.5, 0.6) is 5.75 Å². The van der Waals surface area contributed by atoms with Crippen molar-refractivity contribution in [2.24, 2.45) is 5.73 Å². The van der Waals surface area contributed by atoms with Gasteiger partial charge in [-0.1, -0.05) is 40.2 Å². The van der Waals surface area contributed by atoms with Crippen molar-refractivity contribution < 1.29 is 4.74 Å².